The molecule has 29 heavy (non-hydrogen) atoms. The fraction of sp³-hybridized carbons (Fsp3) is 0.182. The molecule has 4 rings (SSSR count). The molecule has 0 bridgehead atoms. The number of nitrogens with one attached hydrogen (secondary N) is 1. The molecule has 0 aliphatic heterocycles. The van der Waals surface area contributed by atoms with Gasteiger partial charge in [-0.15, -0.1) is 0 Å². The molecule has 7 heteroatoms. The first-order chi connectivity index (χ1) is 13.7. The van der Waals surface area contributed by atoms with Crippen LogP contribution in [0.3, 0.4) is 0 Å². The van der Waals surface area contributed by atoms with Crippen LogP contribution in [0.25, 0.3) is 27.8 Å². The molecule has 0 atom stereocenters. The van der Waals surface area contributed by atoms with Crippen LogP contribution in [-0.2, 0) is 6.54 Å². The summed E-state index contributed by atoms with van der Waals surface area (Å²) in [6.07, 6.45) is 3.41. The van der Waals surface area contributed by atoms with E-state index in [1.807, 2.05) is 41.1 Å². The lowest BCUT2D eigenvalue weighted by molar-refractivity contribution is 0.292. The van der Waals surface area contributed by atoms with Crippen molar-refractivity contribution in [3.63, 3.8) is 0 Å². The number of nitrogen functional groups attached to an aromatic ring is 1. The Bertz CT molecular complexity index is 1110. The number of anilines is 1. The second kappa shape index (κ2) is 8.72. The predicted molar refractivity (Wildman–Crippen MR) is 116 cm³/mol. The van der Waals surface area contributed by atoms with Crippen molar-refractivity contribution in [1.82, 2.24) is 19.9 Å². The number of aliphatic hydroxyl groups is 1. The number of phenolic OH excluding ortho intramolecular Hbond substituents is 1. The first-order valence-electron chi connectivity index (χ1n) is 8.99. The molecule has 2 aromatic carbocycles. The Hall–Kier alpha value is -3.42. The number of nitrogens with two attached hydrogens (primary N) is 1. The van der Waals surface area contributed by atoms with Crippen LogP contribution in [0.2, 0.25) is 0 Å². The highest BCUT2D eigenvalue weighted by atomic mass is 16.3. The molecule has 0 fully saturated rings. The number of aromatic hydroxyl groups is 1. The number of benzene rings is 2. The van der Waals surface area contributed by atoms with Gasteiger partial charge in [0.05, 0.1) is 12.0 Å². The quantitative estimate of drug-likeness (QED) is 0.376. The van der Waals surface area contributed by atoms with Crippen molar-refractivity contribution < 1.29 is 10.2 Å². The molecule has 0 aliphatic carbocycles. The molecule has 0 amide bonds. The maximum atomic E-state index is 9.87. The van der Waals surface area contributed by atoms with Crippen LogP contribution in [0.1, 0.15) is 13.0 Å². The molecule has 2 heterocycles. The van der Waals surface area contributed by atoms with E-state index in [1.165, 1.54) is 6.33 Å². The summed E-state index contributed by atoms with van der Waals surface area (Å²) in [5.74, 6) is 0.584. The van der Waals surface area contributed by atoms with E-state index in [0.717, 1.165) is 27.8 Å². The third kappa shape index (κ3) is 4.06. The molecule has 0 spiro atoms. The Morgan fingerprint density at radius 1 is 1.07 bits per heavy atom. The Morgan fingerprint density at radius 3 is 2.59 bits per heavy atom. The molecule has 5 N–H and O–H groups in total. The minimum absolute atomic E-state index is 0. The lowest BCUT2D eigenvalue weighted by Crippen LogP contribution is -2.17. The van der Waals surface area contributed by atoms with Crippen LogP contribution in [-0.4, -0.2) is 37.9 Å². The fourth-order valence-corrected chi connectivity index (χ4v) is 3.26. The van der Waals surface area contributed by atoms with Gasteiger partial charge in [0.2, 0.25) is 0 Å². The van der Waals surface area contributed by atoms with Gasteiger partial charge in [-0.2, -0.15) is 0 Å². The summed E-state index contributed by atoms with van der Waals surface area (Å²) in [6, 6.07) is 15.1. The van der Waals surface area contributed by atoms with Crippen LogP contribution in [0.5, 0.6) is 5.75 Å². The van der Waals surface area contributed by atoms with Crippen LogP contribution in [0.4, 0.5) is 5.82 Å². The monoisotopic (exact) mass is 391 g/mol. The summed E-state index contributed by atoms with van der Waals surface area (Å²) >= 11 is 0. The van der Waals surface area contributed by atoms with E-state index in [9.17, 15) is 5.11 Å². The number of fused-ring (bicyclic) bond motifs is 1. The summed E-state index contributed by atoms with van der Waals surface area (Å²) in [5, 5.41) is 22.7. The molecular formula is C22H25N5O2. The third-order valence-corrected chi connectivity index (χ3v) is 4.60. The van der Waals surface area contributed by atoms with E-state index < -0.39 is 0 Å². The standard InChI is InChI=1S/C21H21N5O2.CH4/c22-20-19-18(15-2-1-3-17(28)10-15)12-26(21(19)25-13-24-20)16-6-4-14(5-7-16)11-23-8-9-27;/h1-7,10,12-13,23,27-28H,8-9,11H2,(H2,22,24,25);1H4. The van der Waals surface area contributed by atoms with Gasteiger partial charge in [0, 0.05) is 30.5 Å². The van der Waals surface area contributed by atoms with Gasteiger partial charge in [-0.1, -0.05) is 31.7 Å². The van der Waals surface area contributed by atoms with E-state index in [0.29, 0.717) is 24.6 Å². The zero-order chi connectivity index (χ0) is 19.5. The molecule has 0 aliphatic rings. The smallest absolute Gasteiger partial charge is 0.150 e. The Labute approximate surface area is 169 Å². The van der Waals surface area contributed by atoms with E-state index in [1.54, 1.807) is 18.2 Å². The predicted octanol–water partition coefficient (Wildman–Crippen LogP) is 3.09. The third-order valence-electron chi connectivity index (χ3n) is 4.60. The van der Waals surface area contributed by atoms with Gasteiger partial charge in [-0.3, -0.25) is 0 Å². The van der Waals surface area contributed by atoms with Gasteiger partial charge in [-0.25, -0.2) is 9.97 Å². The Kier molecular flexibility index (Phi) is 6.11. The van der Waals surface area contributed by atoms with Crippen LogP contribution < -0.4 is 11.1 Å². The number of hydrogen-bond acceptors (Lipinski definition) is 6. The second-order valence-electron chi connectivity index (χ2n) is 6.49. The molecule has 0 saturated carbocycles. The molecule has 0 unspecified atom stereocenters. The first kappa shape index (κ1) is 20.3. The highest BCUT2D eigenvalue weighted by Crippen LogP contribution is 2.35. The molecule has 150 valence electrons. The van der Waals surface area contributed by atoms with Crippen molar-refractivity contribution in [2.75, 3.05) is 18.9 Å². The van der Waals surface area contributed by atoms with Crippen molar-refractivity contribution in [1.29, 1.82) is 0 Å². The average Bonchev–Trinajstić information content (AvgIpc) is 3.10. The average molecular weight is 391 g/mol. The van der Waals surface area contributed by atoms with Crippen molar-refractivity contribution in [3.8, 4) is 22.6 Å². The van der Waals surface area contributed by atoms with Crippen molar-refractivity contribution in [2.45, 2.75) is 14.0 Å². The topological polar surface area (TPSA) is 109 Å². The summed E-state index contributed by atoms with van der Waals surface area (Å²) in [4.78, 5) is 8.58. The number of aliphatic hydroxyl groups excluding tert-OH is 1. The zero-order valence-electron chi connectivity index (χ0n) is 15.2. The normalized spacial score (nSPS) is 10.8. The number of nitrogens with zero attached hydrogens (tertiary/aromatic N) is 3. The summed E-state index contributed by atoms with van der Waals surface area (Å²) in [7, 11) is 0. The second-order valence-corrected chi connectivity index (χ2v) is 6.49. The van der Waals surface area contributed by atoms with Gasteiger partial charge in [-0.05, 0) is 35.4 Å². The van der Waals surface area contributed by atoms with E-state index in [-0.39, 0.29) is 19.8 Å². The highest BCUT2D eigenvalue weighted by Gasteiger charge is 2.16. The van der Waals surface area contributed by atoms with Gasteiger partial charge < -0.3 is 25.8 Å². The van der Waals surface area contributed by atoms with Crippen molar-refractivity contribution >= 4 is 16.9 Å². The van der Waals surface area contributed by atoms with Crippen molar-refractivity contribution in [2.24, 2.45) is 0 Å². The Balaban J connectivity index is 0.00000240. The highest BCUT2D eigenvalue weighted by molar-refractivity contribution is 6.01. The number of rotatable bonds is 6. The van der Waals surface area contributed by atoms with Crippen LogP contribution in [0.15, 0.2) is 61.1 Å². The van der Waals surface area contributed by atoms with E-state index in [4.69, 9.17) is 10.8 Å². The summed E-state index contributed by atoms with van der Waals surface area (Å²) in [6.45, 7) is 1.37. The van der Waals surface area contributed by atoms with E-state index >= 15 is 0 Å². The Morgan fingerprint density at radius 2 is 1.86 bits per heavy atom. The number of aromatic nitrogens is 3. The lowest BCUT2D eigenvalue weighted by Gasteiger charge is -2.07. The maximum absolute atomic E-state index is 9.87. The maximum Gasteiger partial charge on any atom is 0.150 e. The molecule has 0 radical (unpaired) electrons. The van der Waals surface area contributed by atoms with Gasteiger partial charge in [0.15, 0.2) is 5.65 Å². The SMILES string of the molecule is C.Nc1ncnc2c1c(-c1cccc(O)c1)cn2-c1ccc(CNCCO)cc1. The lowest BCUT2D eigenvalue weighted by atomic mass is 10.1. The number of phenols is 1. The van der Waals surface area contributed by atoms with E-state index in [2.05, 4.69) is 15.3 Å². The molecule has 7 nitrogen and oxygen atoms in total. The number of hydrogen-bond donors (Lipinski definition) is 4. The first-order valence-corrected chi connectivity index (χ1v) is 8.99. The molecule has 0 saturated heterocycles. The largest absolute Gasteiger partial charge is 0.508 e. The molecule has 2 aromatic heterocycles. The summed E-state index contributed by atoms with van der Waals surface area (Å²) < 4.78 is 1.97. The summed E-state index contributed by atoms with van der Waals surface area (Å²) in [5.41, 5.74) is 10.6. The van der Waals surface area contributed by atoms with Gasteiger partial charge in [0.25, 0.3) is 0 Å². The molecular weight excluding hydrogens is 366 g/mol. The van der Waals surface area contributed by atoms with Gasteiger partial charge in [0.1, 0.15) is 17.9 Å². The zero-order valence-corrected chi connectivity index (χ0v) is 15.2. The van der Waals surface area contributed by atoms with Crippen LogP contribution >= 0.6 is 0 Å². The fourth-order valence-electron chi connectivity index (χ4n) is 3.26. The minimum atomic E-state index is 0. The van der Waals surface area contributed by atoms with Crippen LogP contribution in [0, 0.1) is 0 Å². The van der Waals surface area contributed by atoms with Gasteiger partial charge >= 0.3 is 0 Å². The van der Waals surface area contributed by atoms with Crippen molar-refractivity contribution in [3.05, 3.63) is 66.6 Å². The minimum Gasteiger partial charge on any atom is -0.508 e. The molecule has 4 aromatic rings.